The van der Waals surface area contributed by atoms with Crippen LogP contribution in [0.4, 0.5) is 0 Å². The minimum Gasteiger partial charge on any atom is -0.395 e. The van der Waals surface area contributed by atoms with E-state index in [4.69, 9.17) is 5.11 Å². The zero-order valence-electron chi connectivity index (χ0n) is 12.0. The fraction of sp³-hybridized carbons (Fsp3) is 0.533. The Kier molecular flexibility index (Phi) is 6.95. The second-order valence-electron chi connectivity index (χ2n) is 4.66. The predicted molar refractivity (Wildman–Crippen MR) is 80.6 cm³/mol. The lowest BCUT2D eigenvalue weighted by atomic mass is 10.2. The van der Waals surface area contributed by atoms with E-state index in [0.717, 1.165) is 11.3 Å². The van der Waals surface area contributed by atoms with Gasteiger partial charge in [0.05, 0.1) is 12.4 Å². The quantitative estimate of drug-likeness (QED) is 0.781. The highest BCUT2D eigenvalue weighted by Crippen LogP contribution is 2.23. The number of aliphatic hydroxyl groups excluding tert-OH is 1. The Morgan fingerprint density at radius 1 is 1.32 bits per heavy atom. The average Bonchev–Trinajstić information content (AvgIpc) is 2.39. The molecular formula is C15H23NO2S. The monoisotopic (exact) mass is 281 g/mol. The van der Waals surface area contributed by atoms with Gasteiger partial charge < -0.3 is 10.0 Å². The van der Waals surface area contributed by atoms with Crippen molar-refractivity contribution in [1.29, 1.82) is 0 Å². The highest BCUT2D eigenvalue weighted by Gasteiger charge is 2.12. The maximum atomic E-state index is 12.1. The number of benzene rings is 1. The second kappa shape index (κ2) is 8.23. The maximum absolute atomic E-state index is 12.1. The summed E-state index contributed by atoms with van der Waals surface area (Å²) in [5, 5.41) is 8.98. The molecule has 0 unspecified atom stereocenters. The average molecular weight is 281 g/mol. The van der Waals surface area contributed by atoms with Crippen LogP contribution in [0.3, 0.4) is 0 Å². The summed E-state index contributed by atoms with van der Waals surface area (Å²) in [6.45, 7) is 7.33. The number of carbonyl (C=O) groups excluding carboxylic acids is 1. The molecule has 106 valence electrons. The van der Waals surface area contributed by atoms with Crippen LogP contribution in [0.2, 0.25) is 0 Å². The van der Waals surface area contributed by atoms with Crippen molar-refractivity contribution >= 4 is 17.7 Å². The van der Waals surface area contributed by atoms with E-state index in [1.165, 1.54) is 11.1 Å². The number of hydrogen-bond acceptors (Lipinski definition) is 3. The van der Waals surface area contributed by atoms with Gasteiger partial charge in [-0.05, 0) is 31.9 Å². The smallest absolute Gasteiger partial charge is 0.233 e. The van der Waals surface area contributed by atoms with Gasteiger partial charge in [0.15, 0.2) is 0 Å². The number of nitrogens with zero attached hydrogens (tertiary/aromatic N) is 1. The molecule has 0 heterocycles. The molecule has 0 aliphatic carbocycles. The van der Waals surface area contributed by atoms with E-state index in [1.54, 1.807) is 16.7 Å². The number of aryl methyl sites for hydroxylation is 2. The molecule has 0 bridgehead atoms. The minimum absolute atomic E-state index is 0.0277. The molecule has 1 aromatic rings. The molecule has 3 nitrogen and oxygen atoms in total. The van der Waals surface area contributed by atoms with E-state index < -0.39 is 0 Å². The summed E-state index contributed by atoms with van der Waals surface area (Å²) in [6, 6.07) is 6.28. The third kappa shape index (κ3) is 5.25. The third-order valence-electron chi connectivity index (χ3n) is 2.91. The number of hydrogen-bond donors (Lipinski definition) is 1. The van der Waals surface area contributed by atoms with E-state index >= 15 is 0 Å². The zero-order valence-corrected chi connectivity index (χ0v) is 12.8. The van der Waals surface area contributed by atoms with Gasteiger partial charge in [0, 0.05) is 18.0 Å². The molecule has 0 radical (unpaired) electrons. The van der Waals surface area contributed by atoms with Crippen molar-refractivity contribution in [3.8, 4) is 0 Å². The molecule has 0 aliphatic rings. The van der Waals surface area contributed by atoms with Gasteiger partial charge in [-0.1, -0.05) is 24.6 Å². The number of amides is 1. The molecule has 1 amide bonds. The summed E-state index contributed by atoms with van der Waals surface area (Å²) >= 11 is 1.58. The van der Waals surface area contributed by atoms with Crippen molar-refractivity contribution in [2.45, 2.75) is 32.1 Å². The topological polar surface area (TPSA) is 40.5 Å². The number of carbonyl (C=O) groups is 1. The summed E-state index contributed by atoms with van der Waals surface area (Å²) in [5.74, 6) is 0.534. The van der Waals surface area contributed by atoms with Crippen LogP contribution in [0.15, 0.2) is 23.1 Å². The van der Waals surface area contributed by atoms with Crippen molar-refractivity contribution in [2.75, 3.05) is 25.4 Å². The molecule has 0 spiro atoms. The van der Waals surface area contributed by atoms with Gasteiger partial charge >= 0.3 is 0 Å². The minimum atomic E-state index is 0.0277. The highest BCUT2D eigenvalue weighted by molar-refractivity contribution is 8.00. The van der Waals surface area contributed by atoms with Crippen LogP contribution in [0, 0.1) is 13.8 Å². The fourth-order valence-electron chi connectivity index (χ4n) is 1.85. The number of rotatable bonds is 7. The van der Waals surface area contributed by atoms with Gasteiger partial charge in [-0.25, -0.2) is 0 Å². The summed E-state index contributed by atoms with van der Waals surface area (Å²) in [5.41, 5.74) is 2.41. The molecule has 4 heteroatoms. The molecule has 19 heavy (non-hydrogen) atoms. The summed E-state index contributed by atoms with van der Waals surface area (Å²) in [4.78, 5) is 15.0. The van der Waals surface area contributed by atoms with Crippen molar-refractivity contribution in [3.63, 3.8) is 0 Å². The summed E-state index contributed by atoms with van der Waals surface area (Å²) < 4.78 is 0. The fourth-order valence-corrected chi connectivity index (χ4v) is 2.87. The van der Waals surface area contributed by atoms with Gasteiger partial charge in [0.25, 0.3) is 0 Å². The van der Waals surface area contributed by atoms with Gasteiger partial charge in [0.1, 0.15) is 0 Å². The zero-order chi connectivity index (χ0) is 14.3. The normalized spacial score (nSPS) is 10.5. The standard InChI is InChI=1S/C15H23NO2S/c1-4-7-16(8-9-17)15(18)11-19-14-10-12(2)5-6-13(14)3/h5-6,10,17H,4,7-9,11H2,1-3H3. The third-order valence-corrected chi connectivity index (χ3v) is 4.05. The molecule has 0 fully saturated rings. The van der Waals surface area contributed by atoms with E-state index in [1.807, 2.05) is 6.92 Å². The van der Waals surface area contributed by atoms with Gasteiger partial charge in [-0.2, -0.15) is 0 Å². The lowest BCUT2D eigenvalue weighted by Crippen LogP contribution is -2.35. The van der Waals surface area contributed by atoms with E-state index in [0.29, 0.717) is 18.8 Å². The van der Waals surface area contributed by atoms with Crippen LogP contribution in [0.5, 0.6) is 0 Å². The Bertz CT molecular complexity index is 415. The highest BCUT2D eigenvalue weighted by atomic mass is 32.2. The van der Waals surface area contributed by atoms with Crippen molar-refractivity contribution in [2.24, 2.45) is 0 Å². The van der Waals surface area contributed by atoms with Crippen LogP contribution < -0.4 is 0 Å². The van der Waals surface area contributed by atoms with Gasteiger partial charge in [-0.15, -0.1) is 11.8 Å². The first kappa shape index (κ1) is 16.1. The summed E-state index contributed by atoms with van der Waals surface area (Å²) in [7, 11) is 0. The van der Waals surface area contributed by atoms with Crippen LogP contribution in [-0.4, -0.2) is 41.4 Å². The lowest BCUT2D eigenvalue weighted by molar-refractivity contribution is -0.128. The van der Waals surface area contributed by atoms with E-state index in [9.17, 15) is 4.79 Å². The van der Waals surface area contributed by atoms with E-state index in [2.05, 4.69) is 32.0 Å². The molecule has 0 aliphatic heterocycles. The SMILES string of the molecule is CCCN(CCO)C(=O)CSc1cc(C)ccc1C. The molecule has 0 atom stereocenters. The van der Waals surface area contributed by atoms with Crippen LogP contribution >= 0.6 is 11.8 Å². The maximum Gasteiger partial charge on any atom is 0.233 e. The first-order valence-electron chi connectivity index (χ1n) is 6.67. The summed E-state index contributed by atoms with van der Waals surface area (Å²) in [6.07, 6.45) is 0.917. The molecule has 1 N–H and O–H groups in total. The molecule has 0 aromatic heterocycles. The predicted octanol–water partition coefficient (Wildman–Crippen LogP) is 2.63. The Balaban J connectivity index is 2.59. The van der Waals surface area contributed by atoms with Gasteiger partial charge in [-0.3, -0.25) is 4.79 Å². The number of thioether (sulfide) groups is 1. The van der Waals surface area contributed by atoms with Gasteiger partial charge in [0.2, 0.25) is 5.91 Å². The Morgan fingerprint density at radius 3 is 2.68 bits per heavy atom. The van der Waals surface area contributed by atoms with Crippen molar-refractivity contribution < 1.29 is 9.90 Å². The second-order valence-corrected chi connectivity index (χ2v) is 5.68. The lowest BCUT2D eigenvalue weighted by Gasteiger charge is -2.21. The Morgan fingerprint density at radius 2 is 2.05 bits per heavy atom. The Labute approximate surface area is 120 Å². The first-order chi connectivity index (χ1) is 9.08. The molecule has 0 saturated heterocycles. The molecule has 1 rings (SSSR count). The Hall–Kier alpha value is -1.00. The molecule has 0 saturated carbocycles. The van der Waals surface area contributed by atoms with Crippen LogP contribution in [-0.2, 0) is 4.79 Å². The van der Waals surface area contributed by atoms with Crippen molar-refractivity contribution in [1.82, 2.24) is 4.90 Å². The molecular weight excluding hydrogens is 258 g/mol. The number of aliphatic hydroxyl groups is 1. The van der Waals surface area contributed by atoms with Crippen LogP contribution in [0.1, 0.15) is 24.5 Å². The largest absolute Gasteiger partial charge is 0.395 e. The first-order valence-corrected chi connectivity index (χ1v) is 7.65. The van der Waals surface area contributed by atoms with Crippen LogP contribution in [0.25, 0.3) is 0 Å². The van der Waals surface area contributed by atoms with E-state index in [-0.39, 0.29) is 12.5 Å². The molecule has 1 aromatic carbocycles. The van der Waals surface area contributed by atoms with Crippen molar-refractivity contribution in [3.05, 3.63) is 29.3 Å².